The molecule has 1 amide bonds. The van der Waals surface area contributed by atoms with Gasteiger partial charge in [0.1, 0.15) is 17.9 Å². The number of ether oxygens (including phenoxy) is 1. The van der Waals surface area contributed by atoms with Crippen molar-refractivity contribution in [3.63, 3.8) is 0 Å². The Morgan fingerprint density at radius 3 is 3.00 bits per heavy atom. The van der Waals surface area contributed by atoms with Crippen molar-refractivity contribution in [2.75, 3.05) is 6.61 Å². The second kappa shape index (κ2) is 5.87. The van der Waals surface area contributed by atoms with Gasteiger partial charge in [0.25, 0.3) is 0 Å². The molecule has 0 aliphatic heterocycles. The summed E-state index contributed by atoms with van der Waals surface area (Å²) in [5, 5.41) is 11.6. The lowest BCUT2D eigenvalue weighted by Gasteiger charge is -2.02. The van der Waals surface area contributed by atoms with E-state index in [4.69, 9.17) is 9.84 Å². The van der Waals surface area contributed by atoms with E-state index in [1.807, 2.05) is 0 Å². The maximum Gasteiger partial charge on any atom is 0.407 e. The van der Waals surface area contributed by atoms with Gasteiger partial charge in [-0.1, -0.05) is 18.7 Å². The predicted molar refractivity (Wildman–Crippen MR) is 70.5 cm³/mol. The molecule has 0 unspecified atom stereocenters. The van der Waals surface area contributed by atoms with Crippen molar-refractivity contribution in [1.82, 2.24) is 14.7 Å². The van der Waals surface area contributed by atoms with Crippen LogP contribution >= 0.6 is 0 Å². The van der Waals surface area contributed by atoms with Crippen molar-refractivity contribution < 1.29 is 19.4 Å². The molecule has 0 aromatic carbocycles. The number of pyridine rings is 1. The van der Waals surface area contributed by atoms with Gasteiger partial charge < -0.3 is 15.2 Å². The summed E-state index contributed by atoms with van der Waals surface area (Å²) in [5.74, 6) is -1.04. The molecule has 0 spiro atoms. The van der Waals surface area contributed by atoms with E-state index in [9.17, 15) is 9.59 Å². The number of fused-ring (bicyclic) bond motifs is 1. The van der Waals surface area contributed by atoms with Crippen molar-refractivity contribution in [2.45, 2.75) is 6.54 Å². The Hall–Kier alpha value is -2.83. The quantitative estimate of drug-likeness (QED) is 0.805. The van der Waals surface area contributed by atoms with Crippen LogP contribution in [-0.2, 0) is 11.3 Å². The number of carbonyl (C=O) groups is 2. The molecule has 0 atom stereocenters. The largest absolute Gasteiger partial charge is 0.477 e. The number of hydrogen-bond donors (Lipinski definition) is 2. The number of rotatable bonds is 5. The number of nitrogens with zero attached hydrogens (tertiary/aromatic N) is 2. The van der Waals surface area contributed by atoms with E-state index in [1.54, 1.807) is 18.3 Å². The average Bonchev–Trinajstić information content (AvgIpc) is 2.85. The first-order valence-corrected chi connectivity index (χ1v) is 5.83. The molecule has 2 aromatic rings. The molecule has 0 fully saturated rings. The van der Waals surface area contributed by atoms with Crippen LogP contribution in [0.1, 0.15) is 16.2 Å². The first-order valence-electron chi connectivity index (χ1n) is 5.83. The van der Waals surface area contributed by atoms with Gasteiger partial charge in [0.2, 0.25) is 0 Å². The normalized spacial score (nSPS) is 10.2. The second-order valence-electron chi connectivity index (χ2n) is 3.92. The highest BCUT2D eigenvalue weighted by Gasteiger charge is 2.10. The third-order valence-corrected chi connectivity index (χ3v) is 2.51. The SMILES string of the molecule is C=CCOC(=O)NCc1cn2c(C(=O)O)cccc2n1. The fourth-order valence-electron chi connectivity index (χ4n) is 1.67. The fraction of sp³-hybridized carbons (Fsp3) is 0.154. The van der Waals surface area contributed by atoms with E-state index in [0.717, 1.165) is 0 Å². The number of carboxylic acids is 1. The summed E-state index contributed by atoms with van der Waals surface area (Å²) in [5.41, 5.74) is 1.14. The number of carbonyl (C=O) groups excluding carboxylic acids is 1. The highest BCUT2D eigenvalue weighted by Crippen LogP contribution is 2.09. The van der Waals surface area contributed by atoms with Crippen LogP contribution in [0.2, 0.25) is 0 Å². The van der Waals surface area contributed by atoms with Gasteiger partial charge in [0.05, 0.1) is 12.2 Å². The molecule has 0 radical (unpaired) electrons. The van der Waals surface area contributed by atoms with Crippen LogP contribution in [0.15, 0.2) is 37.1 Å². The van der Waals surface area contributed by atoms with E-state index < -0.39 is 12.1 Å². The minimum absolute atomic E-state index is 0.107. The molecular weight excluding hydrogens is 262 g/mol. The van der Waals surface area contributed by atoms with Gasteiger partial charge in [-0.15, -0.1) is 0 Å². The molecule has 0 bridgehead atoms. The minimum atomic E-state index is -1.04. The van der Waals surface area contributed by atoms with Crippen LogP contribution in [-0.4, -0.2) is 33.2 Å². The molecule has 20 heavy (non-hydrogen) atoms. The summed E-state index contributed by atoms with van der Waals surface area (Å²) in [6, 6.07) is 4.78. The average molecular weight is 275 g/mol. The minimum Gasteiger partial charge on any atom is -0.477 e. The van der Waals surface area contributed by atoms with Crippen LogP contribution in [0.5, 0.6) is 0 Å². The summed E-state index contributed by atoms with van der Waals surface area (Å²) < 4.78 is 6.20. The van der Waals surface area contributed by atoms with Crippen molar-refractivity contribution in [3.8, 4) is 0 Å². The van der Waals surface area contributed by atoms with Crippen molar-refractivity contribution in [2.24, 2.45) is 0 Å². The summed E-state index contributed by atoms with van der Waals surface area (Å²) in [7, 11) is 0. The lowest BCUT2D eigenvalue weighted by molar-refractivity contribution is 0.0688. The molecule has 7 heteroatoms. The topological polar surface area (TPSA) is 92.9 Å². The van der Waals surface area contributed by atoms with E-state index in [2.05, 4.69) is 16.9 Å². The highest BCUT2D eigenvalue weighted by atomic mass is 16.5. The Kier molecular flexibility index (Phi) is 3.99. The number of amides is 1. The third kappa shape index (κ3) is 2.94. The molecule has 2 aromatic heterocycles. The molecule has 0 saturated heterocycles. The van der Waals surface area contributed by atoms with Gasteiger partial charge in [0.15, 0.2) is 0 Å². The van der Waals surface area contributed by atoms with Gasteiger partial charge in [-0.05, 0) is 12.1 Å². The summed E-state index contributed by atoms with van der Waals surface area (Å²) in [4.78, 5) is 26.5. The number of nitrogens with one attached hydrogen (secondary N) is 1. The van der Waals surface area contributed by atoms with Crippen LogP contribution < -0.4 is 5.32 Å². The molecule has 7 nitrogen and oxygen atoms in total. The Morgan fingerprint density at radius 2 is 2.30 bits per heavy atom. The van der Waals surface area contributed by atoms with Gasteiger partial charge in [-0.3, -0.25) is 4.40 Å². The number of alkyl carbamates (subject to hydrolysis) is 1. The lowest BCUT2D eigenvalue weighted by atomic mass is 10.3. The molecule has 0 aliphatic rings. The van der Waals surface area contributed by atoms with Gasteiger partial charge in [-0.25, -0.2) is 14.6 Å². The van der Waals surface area contributed by atoms with Crippen LogP contribution in [0.4, 0.5) is 4.79 Å². The Bertz CT molecular complexity index is 663. The van der Waals surface area contributed by atoms with Crippen molar-refractivity contribution in [3.05, 3.63) is 48.4 Å². The van der Waals surface area contributed by atoms with E-state index in [1.165, 1.54) is 16.5 Å². The van der Waals surface area contributed by atoms with Crippen molar-refractivity contribution >= 4 is 17.7 Å². The van der Waals surface area contributed by atoms with E-state index in [0.29, 0.717) is 11.3 Å². The van der Waals surface area contributed by atoms with Crippen LogP contribution in [0.3, 0.4) is 0 Å². The Labute approximate surface area is 114 Å². The van der Waals surface area contributed by atoms with Crippen LogP contribution in [0, 0.1) is 0 Å². The van der Waals surface area contributed by atoms with E-state index >= 15 is 0 Å². The first-order chi connectivity index (χ1) is 9.61. The molecule has 2 heterocycles. The summed E-state index contributed by atoms with van der Waals surface area (Å²) in [6.45, 7) is 3.70. The molecule has 2 N–H and O–H groups in total. The molecule has 2 rings (SSSR count). The lowest BCUT2D eigenvalue weighted by Crippen LogP contribution is -2.23. The van der Waals surface area contributed by atoms with Crippen molar-refractivity contribution in [1.29, 1.82) is 0 Å². The van der Waals surface area contributed by atoms with Gasteiger partial charge in [-0.2, -0.15) is 0 Å². The van der Waals surface area contributed by atoms with Gasteiger partial charge >= 0.3 is 12.1 Å². The molecular formula is C13H13N3O4. The summed E-state index contributed by atoms with van der Waals surface area (Å²) in [6.07, 6.45) is 2.44. The standard InChI is InChI=1S/C13H13N3O4/c1-2-6-20-13(19)14-7-9-8-16-10(12(17)18)4-3-5-11(16)15-9/h2-5,8H,1,6-7H2,(H,14,19)(H,17,18). The fourth-order valence-corrected chi connectivity index (χ4v) is 1.67. The first kappa shape index (κ1) is 13.6. The zero-order valence-corrected chi connectivity index (χ0v) is 10.6. The Morgan fingerprint density at radius 1 is 1.50 bits per heavy atom. The number of carboxylic acid groups (broad SMARTS) is 1. The number of hydrogen-bond acceptors (Lipinski definition) is 4. The predicted octanol–water partition coefficient (Wildman–Crippen LogP) is 1.44. The zero-order chi connectivity index (χ0) is 14.5. The smallest absolute Gasteiger partial charge is 0.407 e. The molecule has 0 aliphatic carbocycles. The Balaban J connectivity index is 2.12. The highest BCUT2D eigenvalue weighted by molar-refractivity contribution is 5.86. The number of aromatic nitrogens is 2. The molecule has 104 valence electrons. The van der Waals surface area contributed by atoms with E-state index in [-0.39, 0.29) is 18.8 Å². The second-order valence-corrected chi connectivity index (χ2v) is 3.92. The zero-order valence-electron chi connectivity index (χ0n) is 10.6. The maximum atomic E-state index is 11.3. The third-order valence-electron chi connectivity index (χ3n) is 2.51. The molecule has 0 saturated carbocycles. The maximum absolute atomic E-state index is 11.3. The number of imidazole rings is 1. The summed E-state index contributed by atoms with van der Waals surface area (Å²) >= 11 is 0. The number of aromatic carboxylic acids is 1. The monoisotopic (exact) mass is 275 g/mol. The van der Waals surface area contributed by atoms with Crippen LogP contribution in [0.25, 0.3) is 5.65 Å². The van der Waals surface area contributed by atoms with Gasteiger partial charge in [0, 0.05) is 6.20 Å².